The molecule has 1 aromatic carbocycles. The van der Waals surface area contributed by atoms with E-state index >= 15 is 0 Å². The molecule has 3 aromatic heterocycles. The largest absolute Gasteiger partial charge is 0.383 e. The van der Waals surface area contributed by atoms with E-state index in [2.05, 4.69) is 43.4 Å². The number of nitrogens with zero attached hydrogens (tertiary/aromatic N) is 5. The van der Waals surface area contributed by atoms with Crippen LogP contribution in [0.3, 0.4) is 0 Å². The average Bonchev–Trinajstić information content (AvgIpc) is 3.34. The van der Waals surface area contributed by atoms with Gasteiger partial charge in [0.15, 0.2) is 5.69 Å². The first kappa shape index (κ1) is 19.2. The van der Waals surface area contributed by atoms with Crippen LogP contribution in [0.25, 0.3) is 10.9 Å². The van der Waals surface area contributed by atoms with E-state index in [0.717, 1.165) is 47.4 Å². The van der Waals surface area contributed by atoms with E-state index < -0.39 is 5.97 Å². The van der Waals surface area contributed by atoms with Gasteiger partial charge in [-0.2, -0.15) is 0 Å². The zero-order valence-electron chi connectivity index (χ0n) is 17.5. The van der Waals surface area contributed by atoms with Gasteiger partial charge in [0, 0.05) is 60.3 Å². The van der Waals surface area contributed by atoms with Crippen LogP contribution in [0, 0.1) is 12.8 Å². The minimum Gasteiger partial charge on any atom is -0.347 e. The van der Waals surface area contributed by atoms with E-state index in [1.165, 1.54) is 5.69 Å². The first-order valence-corrected chi connectivity index (χ1v) is 10.4. The lowest BCUT2D eigenvalue weighted by atomic mass is 9.84. The maximum atomic E-state index is 12.5. The normalized spacial score (nSPS) is 17.1. The number of fused-ring (bicyclic) bond motifs is 3. The van der Waals surface area contributed by atoms with E-state index in [4.69, 9.17) is 4.84 Å². The van der Waals surface area contributed by atoms with Crippen LogP contribution < -0.4 is 0 Å². The van der Waals surface area contributed by atoms with Crippen molar-refractivity contribution < 1.29 is 9.63 Å². The summed E-state index contributed by atoms with van der Waals surface area (Å²) in [5.74, 6) is 0.495. The summed E-state index contributed by atoms with van der Waals surface area (Å²) in [6, 6.07) is 13.4. The summed E-state index contributed by atoms with van der Waals surface area (Å²) >= 11 is 0. The van der Waals surface area contributed by atoms with Gasteiger partial charge in [-0.3, -0.25) is 0 Å². The molecule has 0 radical (unpaired) electrons. The second-order valence-corrected chi connectivity index (χ2v) is 7.83. The van der Waals surface area contributed by atoms with Gasteiger partial charge in [-0.1, -0.05) is 29.4 Å². The third-order valence-electron chi connectivity index (χ3n) is 6.04. The Hall–Kier alpha value is -3.74. The summed E-state index contributed by atoms with van der Waals surface area (Å²) < 4.78 is 4.34. The maximum Gasteiger partial charge on any atom is 0.383 e. The third-order valence-corrected chi connectivity index (χ3v) is 6.04. The summed E-state index contributed by atoms with van der Waals surface area (Å²) in [6.45, 7) is 2.72. The van der Waals surface area contributed by atoms with Gasteiger partial charge in [0.1, 0.15) is 5.82 Å². The molecule has 0 spiro atoms. The van der Waals surface area contributed by atoms with Gasteiger partial charge in [0.2, 0.25) is 0 Å². The predicted molar refractivity (Wildman–Crippen MR) is 118 cm³/mol. The molecule has 5 rings (SSSR count). The summed E-state index contributed by atoms with van der Waals surface area (Å²) in [4.78, 5) is 26.4. The number of hydrogen-bond donors (Lipinski definition) is 0. The summed E-state index contributed by atoms with van der Waals surface area (Å²) in [6.07, 6.45) is 7.20. The molecule has 1 aliphatic carbocycles. The zero-order chi connectivity index (χ0) is 21.4. The molecule has 156 valence electrons. The summed E-state index contributed by atoms with van der Waals surface area (Å²) in [5.41, 5.74) is 4.47. The van der Waals surface area contributed by atoms with Crippen molar-refractivity contribution in [3.05, 3.63) is 83.8 Å². The number of carbonyl (C=O) groups excluding carboxylic acids is 1. The van der Waals surface area contributed by atoms with Gasteiger partial charge in [0.05, 0.1) is 5.71 Å². The molecular formula is C24H23N5O2. The van der Waals surface area contributed by atoms with Crippen molar-refractivity contribution in [1.82, 2.24) is 19.1 Å². The van der Waals surface area contributed by atoms with Crippen molar-refractivity contribution >= 4 is 22.6 Å². The highest BCUT2D eigenvalue weighted by Gasteiger charge is 2.32. The number of rotatable bonds is 4. The molecule has 0 saturated heterocycles. The van der Waals surface area contributed by atoms with Crippen molar-refractivity contribution in [1.29, 1.82) is 0 Å². The zero-order valence-corrected chi connectivity index (χ0v) is 17.5. The molecule has 4 aromatic rings. The van der Waals surface area contributed by atoms with Crippen molar-refractivity contribution in [3.63, 3.8) is 0 Å². The fourth-order valence-electron chi connectivity index (χ4n) is 4.43. The number of para-hydroxylation sites is 1. The number of benzene rings is 1. The van der Waals surface area contributed by atoms with Crippen LogP contribution in [0.4, 0.5) is 0 Å². The highest BCUT2D eigenvalue weighted by Crippen LogP contribution is 2.35. The van der Waals surface area contributed by atoms with Gasteiger partial charge in [-0.25, -0.2) is 14.8 Å². The Morgan fingerprint density at radius 3 is 2.77 bits per heavy atom. The Kier molecular flexibility index (Phi) is 4.86. The van der Waals surface area contributed by atoms with Gasteiger partial charge in [-0.05, 0) is 38.0 Å². The number of carbonyl (C=O) groups is 1. The van der Waals surface area contributed by atoms with Gasteiger partial charge < -0.3 is 14.0 Å². The monoisotopic (exact) mass is 413 g/mol. The minimum atomic E-state index is -0.557. The summed E-state index contributed by atoms with van der Waals surface area (Å²) in [7, 11) is 2.08. The Morgan fingerprint density at radius 1 is 1.16 bits per heavy atom. The topological polar surface area (TPSA) is 74.3 Å². The van der Waals surface area contributed by atoms with Crippen LogP contribution in [0.15, 0.2) is 66.2 Å². The van der Waals surface area contributed by atoms with Crippen LogP contribution in [-0.4, -0.2) is 30.8 Å². The molecule has 0 bridgehead atoms. The Labute approximate surface area is 180 Å². The van der Waals surface area contributed by atoms with Gasteiger partial charge >= 0.3 is 5.97 Å². The molecule has 0 amide bonds. The second-order valence-electron chi connectivity index (χ2n) is 7.83. The first-order valence-electron chi connectivity index (χ1n) is 10.4. The second kappa shape index (κ2) is 7.83. The molecule has 31 heavy (non-hydrogen) atoms. The van der Waals surface area contributed by atoms with Crippen LogP contribution in [0.5, 0.6) is 0 Å². The van der Waals surface area contributed by atoms with Crippen molar-refractivity contribution in [2.75, 3.05) is 0 Å². The number of oxime groups is 1. The van der Waals surface area contributed by atoms with Crippen molar-refractivity contribution in [3.8, 4) is 0 Å². The number of hydrogen-bond acceptors (Lipinski definition) is 5. The quantitative estimate of drug-likeness (QED) is 0.376. The third kappa shape index (κ3) is 3.42. The fourth-order valence-corrected chi connectivity index (χ4v) is 4.43. The highest BCUT2D eigenvalue weighted by atomic mass is 16.7. The Balaban J connectivity index is 1.58. The van der Waals surface area contributed by atoms with E-state index in [9.17, 15) is 4.79 Å². The van der Waals surface area contributed by atoms with Crippen LogP contribution in [0.2, 0.25) is 0 Å². The molecular weight excluding hydrogens is 390 g/mol. The van der Waals surface area contributed by atoms with Crippen LogP contribution in [-0.2, 0) is 24.9 Å². The van der Waals surface area contributed by atoms with Gasteiger partial charge in [0.25, 0.3) is 0 Å². The molecule has 0 fully saturated rings. The molecule has 0 aliphatic heterocycles. The van der Waals surface area contributed by atoms with Crippen LogP contribution in [0.1, 0.15) is 34.0 Å². The lowest BCUT2D eigenvalue weighted by Crippen LogP contribution is -2.28. The van der Waals surface area contributed by atoms with E-state index in [0.29, 0.717) is 0 Å². The molecule has 3 heterocycles. The fraction of sp³-hybridized carbons (Fsp3) is 0.250. The summed E-state index contributed by atoms with van der Waals surface area (Å²) in [5, 5.41) is 5.56. The Morgan fingerprint density at radius 2 is 2.00 bits per heavy atom. The molecule has 0 N–H and O–H groups in total. The standard InChI is InChI=1S/C24H23N5O2/c1-16-25-13-14-29(16)15-17-10-11-21-22(18-7-3-4-9-20(18)28(21)2)23(17)27-31-24(30)19-8-5-6-12-26-19/h3-9,12-14,17H,10-11,15H2,1-2H3/b27-23+. The number of aryl methyl sites for hydroxylation is 2. The average molecular weight is 413 g/mol. The van der Waals surface area contributed by atoms with E-state index in [-0.39, 0.29) is 11.6 Å². The maximum absolute atomic E-state index is 12.5. The predicted octanol–water partition coefficient (Wildman–Crippen LogP) is 3.90. The molecule has 1 unspecified atom stereocenters. The number of imidazole rings is 1. The smallest absolute Gasteiger partial charge is 0.347 e. The lowest BCUT2D eigenvalue weighted by molar-refractivity contribution is 0.0506. The first-order chi connectivity index (χ1) is 15.1. The lowest BCUT2D eigenvalue weighted by Gasteiger charge is -2.25. The Bertz CT molecular complexity index is 1290. The van der Waals surface area contributed by atoms with Gasteiger partial charge in [-0.15, -0.1) is 0 Å². The molecule has 1 aliphatic rings. The SMILES string of the molecule is Cc1nccn1CC1CCc2c(c3ccccc3n2C)/C1=N/OC(=O)c1ccccn1. The minimum absolute atomic E-state index is 0.0998. The molecule has 7 heteroatoms. The van der Waals surface area contributed by atoms with E-state index in [1.54, 1.807) is 30.6 Å². The van der Waals surface area contributed by atoms with Crippen molar-refractivity contribution in [2.24, 2.45) is 18.1 Å². The molecule has 1 atom stereocenters. The molecule has 7 nitrogen and oxygen atoms in total. The number of pyridine rings is 1. The van der Waals surface area contributed by atoms with E-state index in [1.807, 2.05) is 25.3 Å². The van der Waals surface area contributed by atoms with Crippen molar-refractivity contribution in [2.45, 2.75) is 26.3 Å². The molecule has 0 saturated carbocycles. The van der Waals surface area contributed by atoms with Crippen LogP contribution >= 0.6 is 0 Å². The number of aromatic nitrogens is 4. The highest BCUT2D eigenvalue weighted by molar-refractivity contribution is 6.14.